The smallest absolute Gasteiger partial charge is 0.265 e. The first kappa shape index (κ1) is 83.3. The van der Waals surface area contributed by atoms with Gasteiger partial charge in [-0.15, -0.1) is 0 Å². The summed E-state index contributed by atoms with van der Waals surface area (Å²) in [4.78, 5) is 124. The third-order valence-electron chi connectivity index (χ3n) is 14.1. The highest BCUT2D eigenvalue weighted by Crippen LogP contribution is 2.30. The SMILES string of the molecule is CC(=O)NC1C(OCCOCCNC(=O)CN(CCCN(CC(=O)NCCOCCOC2OC(CO)C(O)C(O)C2NC(C)=O)C(=O)CCCC(=O)NC[C@@H](O)COP(=O)([O-])O)CC(=O)NCCOCCOC2OC(CO)C(O)C(O)C2NC(C)=O)OC(CO)C(O)C1O. The maximum absolute atomic E-state index is 13.7. The van der Waals surface area contributed by atoms with Crippen LogP contribution in [0.1, 0.15) is 46.5 Å². The van der Waals surface area contributed by atoms with Crippen LogP contribution >= 0.6 is 7.82 Å². The molecular weight excluding hydrogens is 1290 g/mol. The summed E-state index contributed by atoms with van der Waals surface area (Å²) in [6.45, 7) is -2.34. The van der Waals surface area contributed by atoms with Gasteiger partial charge in [0.15, 0.2) is 18.9 Å². The van der Waals surface area contributed by atoms with E-state index in [0.717, 1.165) is 0 Å². The van der Waals surface area contributed by atoms with Gasteiger partial charge in [0.05, 0.1) is 112 Å². The van der Waals surface area contributed by atoms with Crippen LogP contribution in [0.3, 0.4) is 0 Å². The third kappa shape index (κ3) is 32.0. The maximum atomic E-state index is 13.7. The molecule has 41 heteroatoms. The summed E-state index contributed by atoms with van der Waals surface area (Å²) >= 11 is 0. The molecule has 0 bridgehead atoms. The van der Waals surface area contributed by atoms with Crippen LogP contribution in [0, 0.1) is 0 Å². The highest BCUT2D eigenvalue weighted by Gasteiger charge is 2.48. The van der Waals surface area contributed by atoms with Crippen molar-refractivity contribution < 1.29 is 151 Å². The fourth-order valence-electron chi connectivity index (χ4n) is 9.46. The van der Waals surface area contributed by atoms with Gasteiger partial charge >= 0.3 is 0 Å². The number of phosphoric ester groups is 1. The fourth-order valence-corrected chi connectivity index (χ4v) is 9.82. The molecule has 0 aromatic rings. The van der Waals surface area contributed by atoms with Gasteiger partial charge < -0.3 is 150 Å². The number of amides is 8. The molecule has 8 amide bonds. The summed E-state index contributed by atoms with van der Waals surface area (Å²) in [5.74, 6) is -4.73. The highest BCUT2D eigenvalue weighted by atomic mass is 31.2. The molecule has 3 heterocycles. The normalized spacial score (nSPS) is 27.1. The second-order valence-corrected chi connectivity index (χ2v) is 22.9. The lowest BCUT2D eigenvalue weighted by Crippen LogP contribution is -2.64. The Morgan fingerprint density at radius 1 is 0.500 bits per heavy atom. The molecule has 0 saturated carbocycles. The average molecular weight is 1390 g/mol. The Bertz CT molecular complexity index is 2260. The number of nitrogens with one attached hydrogen (secondary N) is 7. The molecule has 0 aromatic carbocycles. The molecule has 3 saturated heterocycles. The molecule has 0 aliphatic carbocycles. The summed E-state index contributed by atoms with van der Waals surface area (Å²) in [5.41, 5.74) is 0. The lowest BCUT2D eigenvalue weighted by atomic mass is 9.97. The van der Waals surface area contributed by atoms with E-state index in [-0.39, 0.29) is 131 Å². The van der Waals surface area contributed by atoms with E-state index in [1.165, 1.54) is 30.6 Å². The number of aliphatic hydroxyl groups is 10. The van der Waals surface area contributed by atoms with Crippen molar-refractivity contribution in [2.75, 3.05) is 145 Å². The minimum absolute atomic E-state index is 0.0365. The van der Waals surface area contributed by atoms with Crippen molar-refractivity contribution in [2.45, 2.75) is 144 Å². The predicted molar refractivity (Wildman–Crippen MR) is 312 cm³/mol. The summed E-state index contributed by atoms with van der Waals surface area (Å²) in [5, 5.41) is 119. The topological polar surface area (TPSA) is 582 Å². The number of nitrogens with zero attached hydrogens (tertiary/aromatic N) is 2. The van der Waals surface area contributed by atoms with Crippen molar-refractivity contribution in [3.8, 4) is 0 Å². The second kappa shape index (κ2) is 44.8. The Kier molecular flexibility index (Phi) is 39.7. The van der Waals surface area contributed by atoms with Gasteiger partial charge in [-0.3, -0.25) is 47.8 Å². The molecule has 94 heavy (non-hydrogen) atoms. The molecule has 3 rings (SSSR count). The lowest BCUT2D eigenvalue weighted by molar-refractivity contribution is -0.272. The number of carbonyl (C=O) groups is 8. The summed E-state index contributed by atoms with van der Waals surface area (Å²) in [7, 11) is -5.15. The van der Waals surface area contributed by atoms with Crippen LogP contribution in [0.5, 0.6) is 0 Å². The number of hydrogen-bond donors (Lipinski definition) is 18. The van der Waals surface area contributed by atoms with E-state index in [9.17, 15) is 98.9 Å². The molecule has 0 radical (unpaired) electrons. The molecule has 16 unspecified atom stereocenters. The Labute approximate surface area is 541 Å². The minimum Gasteiger partial charge on any atom is -0.756 e. The maximum Gasteiger partial charge on any atom is 0.265 e. The first-order chi connectivity index (χ1) is 44.6. The van der Waals surface area contributed by atoms with Gasteiger partial charge in [-0.05, 0) is 12.8 Å². The number of hydrogen-bond acceptors (Lipinski definition) is 31. The Hall–Kier alpha value is -4.93. The van der Waals surface area contributed by atoms with E-state index in [1.54, 1.807) is 0 Å². The van der Waals surface area contributed by atoms with E-state index in [0.29, 0.717) is 0 Å². The summed E-state index contributed by atoms with van der Waals surface area (Å²) in [6.07, 6.45) is -18.8. The van der Waals surface area contributed by atoms with Crippen molar-refractivity contribution in [1.82, 2.24) is 47.0 Å². The molecule has 0 spiro atoms. The fraction of sp³-hybridized carbons (Fsp3) is 0.849. The number of ether oxygens (including phenoxy) is 9. The largest absolute Gasteiger partial charge is 0.756 e. The van der Waals surface area contributed by atoms with Gasteiger partial charge in [-0.2, -0.15) is 0 Å². The molecular formula is C53H95N9O31P-. The third-order valence-corrected chi connectivity index (χ3v) is 14.5. The van der Waals surface area contributed by atoms with Crippen LogP contribution in [0.25, 0.3) is 0 Å². The van der Waals surface area contributed by atoms with Crippen LogP contribution in [-0.2, 0) is 90.1 Å². The van der Waals surface area contributed by atoms with Crippen LogP contribution in [0.15, 0.2) is 0 Å². The minimum atomic E-state index is -5.15. The van der Waals surface area contributed by atoms with Crippen molar-refractivity contribution in [2.24, 2.45) is 0 Å². The van der Waals surface area contributed by atoms with E-state index >= 15 is 0 Å². The zero-order valence-corrected chi connectivity index (χ0v) is 53.4. The summed E-state index contributed by atoms with van der Waals surface area (Å²) in [6, 6.07) is -3.56. The first-order valence-electron chi connectivity index (χ1n) is 30.3. The van der Waals surface area contributed by atoms with Crippen molar-refractivity contribution in [1.29, 1.82) is 0 Å². The zero-order chi connectivity index (χ0) is 69.9. The van der Waals surface area contributed by atoms with Gasteiger partial charge in [0.25, 0.3) is 7.82 Å². The highest BCUT2D eigenvalue weighted by molar-refractivity contribution is 7.44. The van der Waals surface area contributed by atoms with Gasteiger partial charge in [-0.25, -0.2) is 0 Å². The molecule has 0 aromatic heterocycles. The average Bonchev–Trinajstić information content (AvgIpc) is 0.831. The van der Waals surface area contributed by atoms with Crippen LogP contribution in [-0.4, -0.2) is 356 Å². The van der Waals surface area contributed by atoms with E-state index < -0.39 is 193 Å². The van der Waals surface area contributed by atoms with E-state index in [1.807, 2.05) is 0 Å². The standard InChI is InChI=1S/C53H96N9O31P/c1-30(66)58-42-48(78)45(75)34(26-63)91-51(42)87-19-16-84-13-8-54-38(71)23-61(24-39(72)55-9-14-85-17-20-88-52-43(59-31(2)67)49(79)46(76)35(27-64)92-52)11-5-12-62(41(74)7-4-6-37(70)57-22-33(69)29-90-94(81,82)83)25-40(73)56-10-15-86-18-21-89-53-44(60-32(3)68)50(80)47(77)36(28-65)93-53/h33-36,42-53,63-65,69,75-80H,4-29H2,1-3H3,(H,54,71)(H,55,72)(H,56,73)(H,57,70)(H,58,66)(H,59,67)(H,60,68)(H2,81,82,83)/p-1/t33-,34?,35?,36?,42?,43?,44?,45?,46?,47?,48?,49?,50?,51?,52?,53?/m1/s1. The Morgan fingerprint density at radius 3 is 1.22 bits per heavy atom. The van der Waals surface area contributed by atoms with E-state index in [2.05, 4.69) is 41.7 Å². The van der Waals surface area contributed by atoms with Crippen LogP contribution in [0.2, 0.25) is 0 Å². The zero-order valence-electron chi connectivity index (χ0n) is 52.5. The van der Waals surface area contributed by atoms with Gasteiger partial charge in [0, 0.05) is 72.9 Å². The van der Waals surface area contributed by atoms with Crippen molar-refractivity contribution in [3.63, 3.8) is 0 Å². The molecule has 40 nitrogen and oxygen atoms in total. The number of carbonyl (C=O) groups excluding carboxylic acids is 8. The number of aliphatic hydroxyl groups excluding tert-OH is 10. The molecule has 544 valence electrons. The lowest BCUT2D eigenvalue weighted by Gasteiger charge is -2.42. The van der Waals surface area contributed by atoms with E-state index in [4.69, 9.17) is 47.5 Å². The molecule has 18 N–H and O–H groups in total. The number of rotatable bonds is 46. The van der Waals surface area contributed by atoms with Crippen molar-refractivity contribution >= 4 is 55.1 Å². The molecule has 17 atom stereocenters. The molecule has 3 aliphatic heterocycles. The quantitative estimate of drug-likeness (QED) is 0.0199. The predicted octanol–water partition coefficient (Wildman–Crippen LogP) is -12.1. The Morgan fingerprint density at radius 2 is 0.872 bits per heavy atom. The number of phosphoric acid groups is 1. The van der Waals surface area contributed by atoms with Crippen LogP contribution < -0.4 is 42.1 Å². The first-order valence-corrected chi connectivity index (χ1v) is 31.8. The molecule has 3 fully saturated rings. The Balaban J connectivity index is 1.64. The van der Waals surface area contributed by atoms with Gasteiger partial charge in [-0.1, -0.05) is 0 Å². The van der Waals surface area contributed by atoms with Gasteiger partial charge in [0.2, 0.25) is 47.3 Å². The summed E-state index contributed by atoms with van der Waals surface area (Å²) < 4.78 is 65.1. The van der Waals surface area contributed by atoms with Crippen LogP contribution in [0.4, 0.5) is 0 Å². The van der Waals surface area contributed by atoms with Gasteiger partial charge in [0.1, 0.15) is 73.1 Å². The second-order valence-electron chi connectivity index (χ2n) is 21.8. The monoisotopic (exact) mass is 1380 g/mol. The molecule has 3 aliphatic rings. The van der Waals surface area contributed by atoms with Crippen molar-refractivity contribution in [3.05, 3.63) is 0 Å².